The lowest BCUT2D eigenvalue weighted by Gasteiger charge is -2.02. The molecule has 0 fully saturated rings. The van der Waals surface area contributed by atoms with Crippen LogP contribution in [-0.2, 0) is 0 Å². The van der Waals surface area contributed by atoms with Crippen molar-refractivity contribution in [2.24, 2.45) is 0 Å². The first-order chi connectivity index (χ1) is 7.66. The maximum Gasteiger partial charge on any atom is 0.511 e. The third-order valence-electron chi connectivity index (χ3n) is 1.70. The van der Waals surface area contributed by atoms with Crippen LogP contribution in [0.4, 0.5) is 4.79 Å². The van der Waals surface area contributed by atoms with Crippen molar-refractivity contribution in [3.05, 3.63) is 24.2 Å². The average Bonchev–Trinajstić information content (AvgIpc) is 2.65. The number of carbonyl (C=O) groups is 1. The van der Waals surface area contributed by atoms with Crippen LogP contribution in [0.15, 0.2) is 22.7 Å². The summed E-state index contributed by atoms with van der Waals surface area (Å²) in [6.07, 6.45) is 0.0503. The van der Waals surface area contributed by atoms with Crippen molar-refractivity contribution in [2.75, 3.05) is 0 Å². The molecule has 7 heteroatoms. The largest absolute Gasteiger partial charge is 0.511 e. The Hall–Kier alpha value is -2.44. The van der Waals surface area contributed by atoms with Gasteiger partial charge in [0.1, 0.15) is 0 Å². The molecule has 2 rings (SSSR count). The van der Waals surface area contributed by atoms with E-state index in [4.69, 9.17) is 9.52 Å². The monoisotopic (exact) mass is 221 g/mol. The highest BCUT2D eigenvalue weighted by Gasteiger charge is 2.15. The second kappa shape index (κ2) is 3.97. The molecule has 2 heterocycles. The van der Waals surface area contributed by atoms with E-state index in [1.807, 2.05) is 0 Å². The molecular formula is C9H7N3O4. The summed E-state index contributed by atoms with van der Waals surface area (Å²) in [6, 6.07) is 3.00. The Morgan fingerprint density at radius 1 is 1.50 bits per heavy atom. The fraction of sp³-hybridized carbons (Fsp3) is 0.111. The Kier molecular flexibility index (Phi) is 2.50. The lowest BCUT2D eigenvalue weighted by molar-refractivity contribution is 0.144. The smallest absolute Gasteiger partial charge is 0.449 e. The molecule has 0 bridgehead atoms. The highest BCUT2D eigenvalue weighted by atomic mass is 16.7. The number of carboxylic acid groups (broad SMARTS) is 1. The summed E-state index contributed by atoms with van der Waals surface area (Å²) in [5.74, 6) is 0.537. The number of hydrogen-bond acceptors (Lipinski definition) is 6. The van der Waals surface area contributed by atoms with Gasteiger partial charge in [-0.3, -0.25) is 0 Å². The molecule has 0 amide bonds. The molecule has 0 aliphatic carbocycles. The van der Waals surface area contributed by atoms with Gasteiger partial charge in [0.25, 0.3) is 5.89 Å². The molecule has 2 aromatic rings. The Balaban J connectivity index is 2.43. The first kappa shape index (κ1) is 10.1. The molecule has 0 saturated heterocycles. The Labute approximate surface area is 89.7 Å². The van der Waals surface area contributed by atoms with E-state index in [1.165, 1.54) is 12.3 Å². The van der Waals surface area contributed by atoms with Gasteiger partial charge < -0.3 is 14.3 Å². The van der Waals surface area contributed by atoms with E-state index < -0.39 is 6.16 Å². The van der Waals surface area contributed by atoms with E-state index in [2.05, 4.69) is 19.9 Å². The molecule has 7 nitrogen and oxygen atoms in total. The van der Waals surface area contributed by atoms with Crippen LogP contribution in [0.5, 0.6) is 5.75 Å². The quantitative estimate of drug-likeness (QED) is 0.767. The number of pyridine rings is 1. The van der Waals surface area contributed by atoms with Crippen molar-refractivity contribution in [3.8, 4) is 17.3 Å². The lowest BCUT2D eigenvalue weighted by Crippen LogP contribution is -2.04. The number of ether oxygens (including phenoxy) is 1. The molecule has 0 aliphatic heterocycles. The van der Waals surface area contributed by atoms with Crippen molar-refractivity contribution in [1.82, 2.24) is 15.2 Å². The minimum atomic E-state index is -1.43. The molecule has 0 aliphatic rings. The number of aryl methyl sites for hydroxylation is 1. The number of hydrogen-bond donors (Lipinski definition) is 1. The molecule has 0 saturated carbocycles. The molecule has 0 spiro atoms. The molecule has 0 unspecified atom stereocenters. The lowest BCUT2D eigenvalue weighted by atomic mass is 10.3. The van der Waals surface area contributed by atoms with Gasteiger partial charge in [0.05, 0.1) is 0 Å². The van der Waals surface area contributed by atoms with Crippen molar-refractivity contribution < 1.29 is 19.1 Å². The van der Waals surface area contributed by atoms with Crippen molar-refractivity contribution in [3.63, 3.8) is 0 Å². The van der Waals surface area contributed by atoms with Crippen LogP contribution in [-0.4, -0.2) is 26.4 Å². The highest BCUT2D eigenvalue weighted by molar-refractivity contribution is 5.66. The summed E-state index contributed by atoms with van der Waals surface area (Å²) in [4.78, 5) is 14.4. The van der Waals surface area contributed by atoms with E-state index in [1.54, 1.807) is 13.0 Å². The average molecular weight is 221 g/mol. The van der Waals surface area contributed by atoms with Crippen molar-refractivity contribution in [2.45, 2.75) is 6.92 Å². The van der Waals surface area contributed by atoms with Crippen molar-refractivity contribution >= 4 is 6.16 Å². The van der Waals surface area contributed by atoms with Gasteiger partial charge in [0.15, 0.2) is 11.4 Å². The van der Waals surface area contributed by atoms with Gasteiger partial charge in [-0.25, -0.2) is 9.78 Å². The number of nitrogens with zero attached hydrogens (tertiary/aromatic N) is 3. The SMILES string of the molecule is Cc1nnc(-c2ncccc2OC(=O)O)o1. The standard InChI is InChI=1S/C9H7N3O4/c1-5-11-12-8(15-5)7-6(16-9(13)14)3-2-4-10-7/h2-4H,1H3,(H,13,14). The van der Waals surface area contributed by atoms with Crippen LogP contribution in [0.1, 0.15) is 5.89 Å². The fourth-order valence-corrected chi connectivity index (χ4v) is 1.12. The molecule has 2 aromatic heterocycles. The van der Waals surface area contributed by atoms with Gasteiger partial charge in [-0.1, -0.05) is 0 Å². The summed E-state index contributed by atoms with van der Waals surface area (Å²) in [7, 11) is 0. The Morgan fingerprint density at radius 2 is 2.31 bits per heavy atom. The topological polar surface area (TPSA) is 98.3 Å². The summed E-state index contributed by atoms with van der Waals surface area (Å²) >= 11 is 0. The number of aromatic nitrogens is 3. The molecule has 0 aromatic carbocycles. The summed E-state index contributed by atoms with van der Waals surface area (Å²) in [5.41, 5.74) is 0.200. The minimum absolute atomic E-state index is 0.0543. The van der Waals surface area contributed by atoms with Crippen molar-refractivity contribution in [1.29, 1.82) is 0 Å². The van der Waals surface area contributed by atoms with Gasteiger partial charge in [-0.2, -0.15) is 0 Å². The van der Waals surface area contributed by atoms with Gasteiger partial charge in [-0.05, 0) is 12.1 Å². The molecule has 0 atom stereocenters. The van der Waals surface area contributed by atoms with Gasteiger partial charge in [-0.15, -0.1) is 10.2 Å². The normalized spacial score (nSPS) is 10.1. The third-order valence-corrected chi connectivity index (χ3v) is 1.70. The van der Waals surface area contributed by atoms with Gasteiger partial charge in [0, 0.05) is 13.1 Å². The fourth-order valence-electron chi connectivity index (χ4n) is 1.12. The first-order valence-corrected chi connectivity index (χ1v) is 4.33. The molecule has 1 N–H and O–H groups in total. The Morgan fingerprint density at radius 3 is 2.94 bits per heavy atom. The molecular weight excluding hydrogens is 214 g/mol. The zero-order valence-corrected chi connectivity index (χ0v) is 8.25. The predicted molar refractivity (Wildman–Crippen MR) is 50.9 cm³/mol. The highest BCUT2D eigenvalue weighted by Crippen LogP contribution is 2.26. The maximum atomic E-state index is 10.4. The van der Waals surface area contributed by atoms with E-state index in [0.29, 0.717) is 5.89 Å². The van der Waals surface area contributed by atoms with Gasteiger partial charge >= 0.3 is 6.16 Å². The Bertz CT molecular complexity index is 523. The van der Waals surface area contributed by atoms with Crippen LogP contribution in [0.25, 0.3) is 11.6 Å². The summed E-state index contributed by atoms with van der Waals surface area (Å²) < 4.78 is 9.67. The predicted octanol–water partition coefficient (Wildman–Crippen LogP) is 1.50. The van der Waals surface area contributed by atoms with Gasteiger partial charge in [0.2, 0.25) is 5.89 Å². The van der Waals surface area contributed by atoms with Crippen LogP contribution in [0, 0.1) is 6.92 Å². The number of rotatable bonds is 2. The molecule has 16 heavy (non-hydrogen) atoms. The van der Waals surface area contributed by atoms with E-state index in [9.17, 15) is 4.79 Å². The molecule has 0 radical (unpaired) electrons. The van der Waals surface area contributed by atoms with Crippen LogP contribution >= 0.6 is 0 Å². The van der Waals surface area contributed by atoms with Crippen LogP contribution in [0.2, 0.25) is 0 Å². The minimum Gasteiger partial charge on any atom is -0.449 e. The van der Waals surface area contributed by atoms with Crippen LogP contribution < -0.4 is 4.74 Å². The zero-order chi connectivity index (χ0) is 11.5. The second-order valence-corrected chi connectivity index (χ2v) is 2.84. The summed E-state index contributed by atoms with van der Waals surface area (Å²) in [5, 5.41) is 15.9. The third kappa shape index (κ3) is 1.97. The van der Waals surface area contributed by atoms with E-state index in [0.717, 1.165) is 0 Å². The first-order valence-electron chi connectivity index (χ1n) is 4.33. The maximum absolute atomic E-state index is 10.4. The van der Waals surface area contributed by atoms with Crippen LogP contribution in [0.3, 0.4) is 0 Å². The second-order valence-electron chi connectivity index (χ2n) is 2.84. The van der Waals surface area contributed by atoms with E-state index >= 15 is 0 Å². The zero-order valence-electron chi connectivity index (χ0n) is 8.25. The summed E-state index contributed by atoms with van der Waals surface area (Å²) in [6.45, 7) is 1.62. The molecule has 82 valence electrons. The van der Waals surface area contributed by atoms with E-state index in [-0.39, 0.29) is 17.3 Å².